The van der Waals surface area contributed by atoms with Crippen molar-refractivity contribution in [3.8, 4) is 6.01 Å². The van der Waals surface area contributed by atoms with Crippen molar-refractivity contribution in [3.05, 3.63) is 36.4 Å². The maximum atomic E-state index is 12.4. The summed E-state index contributed by atoms with van der Waals surface area (Å²) >= 11 is 0. The number of likely N-dealkylation sites (tertiary alicyclic amines) is 1. The van der Waals surface area contributed by atoms with Crippen LogP contribution in [0.5, 0.6) is 6.01 Å². The molecule has 3 rings (SSSR count). The lowest BCUT2D eigenvalue weighted by molar-refractivity contribution is 0.0683. The Hall–Kier alpha value is -2.44. The molecule has 0 aliphatic carbocycles. The molecule has 2 aromatic heterocycles. The minimum absolute atomic E-state index is 0.00169. The minimum Gasteiger partial charge on any atom is -0.467 e. The van der Waals surface area contributed by atoms with Crippen LogP contribution >= 0.6 is 0 Å². The molecule has 122 valence electrons. The number of carbonyl (C=O) groups excluding carboxylic acids is 1. The quantitative estimate of drug-likeness (QED) is 0.838. The van der Waals surface area contributed by atoms with Gasteiger partial charge in [0.1, 0.15) is 0 Å². The molecule has 1 saturated heterocycles. The van der Waals surface area contributed by atoms with E-state index in [0.717, 1.165) is 38.9 Å². The third-order valence-corrected chi connectivity index (χ3v) is 4.29. The maximum Gasteiger partial charge on any atom is 0.316 e. The molecule has 23 heavy (non-hydrogen) atoms. The zero-order valence-electron chi connectivity index (χ0n) is 13.3. The van der Waals surface area contributed by atoms with Crippen molar-refractivity contribution in [1.82, 2.24) is 24.6 Å². The van der Waals surface area contributed by atoms with Crippen LogP contribution in [0.3, 0.4) is 0 Å². The second-order valence-electron chi connectivity index (χ2n) is 5.75. The Morgan fingerprint density at radius 3 is 2.65 bits per heavy atom. The first kappa shape index (κ1) is 15.5. The van der Waals surface area contributed by atoms with Gasteiger partial charge in [0.15, 0.2) is 0 Å². The molecule has 0 saturated carbocycles. The number of hydrogen-bond donors (Lipinski definition) is 0. The van der Waals surface area contributed by atoms with Gasteiger partial charge in [0.05, 0.1) is 12.7 Å². The number of rotatable bonds is 5. The van der Waals surface area contributed by atoms with E-state index in [9.17, 15) is 4.79 Å². The monoisotopic (exact) mass is 315 g/mol. The molecule has 7 heteroatoms. The smallest absolute Gasteiger partial charge is 0.316 e. The summed E-state index contributed by atoms with van der Waals surface area (Å²) < 4.78 is 6.88. The average molecular weight is 315 g/mol. The first-order chi connectivity index (χ1) is 11.3. The van der Waals surface area contributed by atoms with Gasteiger partial charge < -0.3 is 9.64 Å². The van der Waals surface area contributed by atoms with E-state index in [1.54, 1.807) is 6.20 Å². The molecule has 1 aliphatic rings. The maximum absolute atomic E-state index is 12.4. The van der Waals surface area contributed by atoms with Crippen LogP contribution in [-0.2, 0) is 6.54 Å². The third kappa shape index (κ3) is 3.85. The Bertz CT molecular complexity index is 618. The Morgan fingerprint density at radius 1 is 1.30 bits per heavy atom. The van der Waals surface area contributed by atoms with Crippen molar-refractivity contribution in [3.63, 3.8) is 0 Å². The Balaban J connectivity index is 1.48. The average Bonchev–Trinajstić information content (AvgIpc) is 3.13. The van der Waals surface area contributed by atoms with Crippen LogP contribution in [0.2, 0.25) is 0 Å². The lowest BCUT2D eigenvalue weighted by Crippen LogP contribution is -2.38. The predicted octanol–water partition coefficient (Wildman–Crippen LogP) is 1.62. The number of ether oxygens (including phenoxy) is 1. The molecule has 0 spiro atoms. The minimum atomic E-state index is -0.00169. The van der Waals surface area contributed by atoms with Crippen LogP contribution in [0, 0.1) is 5.92 Å². The Morgan fingerprint density at radius 2 is 2.04 bits per heavy atom. The molecule has 0 N–H and O–H groups in total. The van der Waals surface area contributed by atoms with Crippen LogP contribution in [0.4, 0.5) is 0 Å². The predicted molar refractivity (Wildman–Crippen MR) is 84.1 cm³/mol. The van der Waals surface area contributed by atoms with Gasteiger partial charge >= 0.3 is 6.01 Å². The summed E-state index contributed by atoms with van der Waals surface area (Å²) in [5, 5.41) is 4.23. The van der Waals surface area contributed by atoms with Gasteiger partial charge in [-0.1, -0.05) is 0 Å². The van der Waals surface area contributed by atoms with E-state index < -0.39 is 0 Å². The number of carbonyl (C=O) groups is 1. The lowest BCUT2D eigenvalue weighted by atomic mass is 9.93. The van der Waals surface area contributed by atoms with Crippen molar-refractivity contribution in [2.75, 3.05) is 20.2 Å². The van der Waals surface area contributed by atoms with Crippen molar-refractivity contribution in [1.29, 1.82) is 0 Å². The first-order valence-corrected chi connectivity index (χ1v) is 7.89. The standard InChI is InChI=1S/C16H21N5O2/c1-23-16-17-11-14(12-18-16)15(22)20-8-3-13(4-9-20)5-10-21-7-2-6-19-21/h2,6-7,11-13H,3-5,8-10H2,1H3. The van der Waals surface area contributed by atoms with Crippen molar-refractivity contribution >= 4 is 5.91 Å². The summed E-state index contributed by atoms with van der Waals surface area (Å²) in [5.41, 5.74) is 0.515. The normalized spacial score (nSPS) is 15.6. The summed E-state index contributed by atoms with van der Waals surface area (Å²) in [6.45, 7) is 2.52. The van der Waals surface area contributed by atoms with Crippen LogP contribution in [0.1, 0.15) is 29.6 Å². The fourth-order valence-electron chi connectivity index (χ4n) is 2.89. The highest BCUT2D eigenvalue weighted by Crippen LogP contribution is 2.22. The summed E-state index contributed by atoms with van der Waals surface area (Å²) in [7, 11) is 1.50. The van der Waals surface area contributed by atoms with E-state index in [1.165, 1.54) is 19.5 Å². The molecular formula is C16H21N5O2. The highest BCUT2D eigenvalue weighted by Gasteiger charge is 2.24. The zero-order chi connectivity index (χ0) is 16.1. The molecule has 0 unspecified atom stereocenters. The molecule has 1 amide bonds. The van der Waals surface area contributed by atoms with E-state index in [0.29, 0.717) is 11.5 Å². The molecule has 0 aromatic carbocycles. The summed E-state index contributed by atoms with van der Waals surface area (Å²) in [4.78, 5) is 22.3. The topological polar surface area (TPSA) is 73.1 Å². The van der Waals surface area contributed by atoms with Gasteiger partial charge in [-0.05, 0) is 31.2 Å². The third-order valence-electron chi connectivity index (χ3n) is 4.29. The number of aryl methyl sites for hydroxylation is 1. The molecular weight excluding hydrogens is 294 g/mol. The van der Waals surface area contributed by atoms with E-state index in [2.05, 4.69) is 15.1 Å². The SMILES string of the molecule is COc1ncc(C(=O)N2CCC(CCn3cccn3)CC2)cn1. The fourth-order valence-corrected chi connectivity index (χ4v) is 2.89. The molecule has 1 aliphatic heterocycles. The van der Waals surface area contributed by atoms with Crippen LogP contribution < -0.4 is 4.74 Å². The van der Waals surface area contributed by atoms with Gasteiger partial charge in [0, 0.05) is 44.4 Å². The van der Waals surface area contributed by atoms with Crippen LogP contribution in [0.15, 0.2) is 30.9 Å². The molecule has 0 radical (unpaired) electrons. The van der Waals surface area contributed by atoms with Gasteiger partial charge in [-0.25, -0.2) is 9.97 Å². The van der Waals surface area contributed by atoms with Gasteiger partial charge in [0.25, 0.3) is 5.91 Å². The molecule has 2 aromatic rings. The first-order valence-electron chi connectivity index (χ1n) is 7.89. The number of amides is 1. The van der Waals surface area contributed by atoms with Crippen molar-refractivity contribution in [2.45, 2.75) is 25.8 Å². The van der Waals surface area contributed by atoms with Gasteiger partial charge in [-0.2, -0.15) is 5.10 Å². The molecule has 7 nitrogen and oxygen atoms in total. The van der Waals surface area contributed by atoms with E-state index in [-0.39, 0.29) is 11.9 Å². The summed E-state index contributed by atoms with van der Waals surface area (Å²) in [6.07, 6.45) is 10.0. The Labute approximate surface area is 135 Å². The van der Waals surface area contributed by atoms with E-state index in [4.69, 9.17) is 4.74 Å². The number of nitrogens with zero attached hydrogens (tertiary/aromatic N) is 5. The number of methoxy groups -OCH3 is 1. The second-order valence-corrected chi connectivity index (χ2v) is 5.75. The van der Waals surface area contributed by atoms with Crippen LogP contribution in [0.25, 0.3) is 0 Å². The Kier molecular flexibility index (Phi) is 4.85. The molecule has 0 bridgehead atoms. The van der Waals surface area contributed by atoms with Gasteiger partial charge in [-0.15, -0.1) is 0 Å². The molecule has 0 atom stereocenters. The highest BCUT2D eigenvalue weighted by molar-refractivity contribution is 5.93. The van der Waals surface area contributed by atoms with Crippen LogP contribution in [-0.4, -0.2) is 50.8 Å². The zero-order valence-corrected chi connectivity index (χ0v) is 13.3. The second kappa shape index (κ2) is 7.21. The number of hydrogen-bond acceptors (Lipinski definition) is 5. The molecule has 3 heterocycles. The van der Waals surface area contributed by atoms with Gasteiger partial charge in [0.2, 0.25) is 0 Å². The number of piperidine rings is 1. The van der Waals surface area contributed by atoms with Crippen molar-refractivity contribution in [2.24, 2.45) is 5.92 Å². The van der Waals surface area contributed by atoms with E-state index in [1.807, 2.05) is 21.8 Å². The summed E-state index contributed by atoms with van der Waals surface area (Å²) in [5.74, 6) is 0.647. The largest absolute Gasteiger partial charge is 0.467 e. The summed E-state index contributed by atoms with van der Waals surface area (Å²) in [6, 6.07) is 2.22. The highest BCUT2D eigenvalue weighted by atomic mass is 16.5. The fraction of sp³-hybridized carbons (Fsp3) is 0.500. The lowest BCUT2D eigenvalue weighted by Gasteiger charge is -2.32. The van der Waals surface area contributed by atoms with E-state index >= 15 is 0 Å². The van der Waals surface area contributed by atoms with Crippen molar-refractivity contribution < 1.29 is 9.53 Å². The van der Waals surface area contributed by atoms with Gasteiger partial charge in [-0.3, -0.25) is 9.48 Å². The molecule has 1 fully saturated rings. The number of aromatic nitrogens is 4.